The Morgan fingerprint density at radius 2 is 2.11 bits per heavy atom. The van der Waals surface area contributed by atoms with Crippen LogP contribution in [0.4, 0.5) is 4.39 Å². The molecular formula is C11H12FNO4S. The van der Waals surface area contributed by atoms with Crippen LogP contribution < -0.4 is 9.47 Å². The van der Waals surface area contributed by atoms with Crippen molar-refractivity contribution in [2.75, 3.05) is 20.7 Å². The quantitative estimate of drug-likeness (QED) is 0.839. The molecule has 98 valence electrons. The zero-order valence-corrected chi connectivity index (χ0v) is 10.7. The summed E-state index contributed by atoms with van der Waals surface area (Å²) in [5, 5.41) is 8.67. The van der Waals surface area contributed by atoms with Gasteiger partial charge in [0.15, 0.2) is 18.1 Å². The third kappa shape index (κ3) is 4.17. The largest absolute Gasteiger partial charge is 0.479 e. The van der Waals surface area contributed by atoms with Crippen molar-refractivity contribution in [3.05, 3.63) is 24.0 Å². The molecule has 0 spiro atoms. The normalized spacial score (nSPS) is 9.72. The van der Waals surface area contributed by atoms with Gasteiger partial charge in [-0.3, -0.25) is 0 Å². The standard InChI is InChI=1S/C11H12FNO4S/c1-13(2)11(18)17-8-4-3-7(12)5-9(8)16-6-10(14)15/h3-5H,6H2,1-2H3,(H,14,15). The molecule has 1 rings (SSSR count). The van der Waals surface area contributed by atoms with Gasteiger partial charge in [-0.05, 0) is 24.4 Å². The molecule has 0 amide bonds. The summed E-state index contributed by atoms with van der Waals surface area (Å²) in [6.45, 7) is -0.589. The molecule has 1 N–H and O–H groups in total. The Bertz CT molecular complexity index is 464. The number of nitrogens with zero attached hydrogens (tertiary/aromatic N) is 1. The van der Waals surface area contributed by atoms with Gasteiger partial charge < -0.3 is 19.5 Å². The second kappa shape index (κ2) is 6.15. The molecule has 1 aromatic carbocycles. The third-order valence-corrected chi connectivity index (χ3v) is 2.27. The second-order valence-electron chi connectivity index (χ2n) is 3.54. The number of carbonyl (C=O) groups is 1. The van der Waals surface area contributed by atoms with E-state index in [-0.39, 0.29) is 16.7 Å². The van der Waals surface area contributed by atoms with Crippen molar-refractivity contribution in [3.8, 4) is 11.5 Å². The van der Waals surface area contributed by atoms with E-state index in [2.05, 4.69) is 0 Å². The Kier molecular flexibility index (Phi) is 4.85. The third-order valence-electron chi connectivity index (χ3n) is 1.82. The van der Waals surface area contributed by atoms with Crippen LogP contribution in [-0.4, -0.2) is 41.9 Å². The number of thiocarbonyl (C=S) groups is 1. The Hall–Kier alpha value is -1.89. The van der Waals surface area contributed by atoms with E-state index in [1.54, 1.807) is 19.0 Å². The van der Waals surface area contributed by atoms with Crippen LogP contribution in [0.1, 0.15) is 0 Å². The van der Waals surface area contributed by atoms with E-state index >= 15 is 0 Å². The highest BCUT2D eigenvalue weighted by molar-refractivity contribution is 7.80. The van der Waals surface area contributed by atoms with E-state index in [0.717, 1.165) is 6.07 Å². The van der Waals surface area contributed by atoms with E-state index < -0.39 is 18.4 Å². The van der Waals surface area contributed by atoms with E-state index in [1.165, 1.54) is 12.1 Å². The molecule has 0 bridgehead atoms. The van der Waals surface area contributed by atoms with E-state index in [0.29, 0.717) is 0 Å². The summed E-state index contributed by atoms with van der Waals surface area (Å²) >= 11 is 4.93. The van der Waals surface area contributed by atoms with Gasteiger partial charge in [0.05, 0.1) is 0 Å². The van der Waals surface area contributed by atoms with Gasteiger partial charge in [-0.25, -0.2) is 9.18 Å². The highest BCUT2D eigenvalue weighted by atomic mass is 32.1. The van der Waals surface area contributed by atoms with Crippen LogP contribution in [0.2, 0.25) is 0 Å². The van der Waals surface area contributed by atoms with Crippen molar-refractivity contribution < 1.29 is 23.8 Å². The van der Waals surface area contributed by atoms with Crippen molar-refractivity contribution >= 4 is 23.4 Å². The number of carboxylic acid groups (broad SMARTS) is 1. The van der Waals surface area contributed by atoms with Gasteiger partial charge in [-0.1, -0.05) is 0 Å². The molecule has 0 aliphatic carbocycles. The number of hydrogen-bond donors (Lipinski definition) is 1. The van der Waals surface area contributed by atoms with Gasteiger partial charge in [0.25, 0.3) is 5.17 Å². The highest BCUT2D eigenvalue weighted by Gasteiger charge is 2.11. The Morgan fingerprint density at radius 1 is 1.44 bits per heavy atom. The number of hydrogen-bond acceptors (Lipinski definition) is 4. The minimum absolute atomic E-state index is 0.0124. The summed E-state index contributed by atoms with van der Waals surface area (Å²) in [7, 11) is 3.37. The molecule has 0 saturated carbocycles. The van der Waals surface area contributed by atoms with Gasteiger partial charge in [0, 0.05) is 20.2 Å². The SMILES string of the molecule is CN(C)C(=S)Oc1ccc(F)cc1OCC(=O)O. The highest BCUT2D eigenvalue weighted by Crippen LogP contribution is 2.28. The fourth-order valence-electron chi connectivity index (χ4n) is 1.00. The van der Waals surface area contributed by atoms with Crippen molar-refractivity contribution in [1.82, 2.24) is 4.90 Å². The monoisotopic (exact) mass is 273 g/mol. The molecule has 0 atom stereocenters. The van der Waals surface area contributed by atoms with Crippen LogP contribution >= 0.6 is 12.2 Å². The first-order valence-corrected chi connectivity index (χ1v) is 5.34. The number of ether oxygens (including phenoxy) is 2. The molecule has 0 radical (unpaired) electrons. The van der Waals surface area contributed by atoms with E-state index in [1.807, 2.05) is 0 Å². The number of rotatable bonds is 4. The Morgan fingerprint density at radius 3 is 2.67 bits per heavy atom. The van der Waals surface area contributed by atoms with E-state index in [4.69, 9.17) is 26.8 Å². The van der Waals surface area contributed by atoms with Crippen LogP contribution in [0.3, 0.4) is 0 Å². The fourth-order valence-corrected chi connectivity index (χ4v) is 1.09. The lowest BCUT2D eigenvalue weighted by Crippen LogP contribution is -2.25. The molecule has 0 fully saturated rings. The van der Waals surface area contributed by atoms with Crippen LogP contribution in [0.5, 0.6) is 11.5 Å². The first-order chi connectivity index (χ1) is 8.40. The molecule has 7 heteroatoms. The zero-order chi connectivity index (χ0) is 13.7. The van der Waals surface area contributed by atoms with Gasteiger partial charge in [0.2, 0.25) is 0 Å². The summed E-state index contributed by atoms with van der Waals surface area (Å²) in [6.07, 6.45) is 0. The van der Waals surface area contributed by atoms with Gasteiger partial charge >= 0.3 is 5.97 Å². The maximum absolute atomic E-state index is 13.0. The molecule has 0 aromatic heterocycles. The molecule has 0 aliphatic heterocycles. The smallest absolute Gasteiger partial charge is 0.341 e. The van der Waals surface area contributed by atoms with Crippen molar-refractivity contribution in [1.29, 1.82) is 0 Å². The van der Waals surface area contributed by atoms with Gasteiger partial charge in [-0.2, -0.15) is 0 Å². The topological polar surface area (TPSA) is 59.0 Å². The molecule has 5 nitrogen and oxygen atoms in total. The lowest BCUT2D eigenvalue weighted by molar-refractivity contribution is -0.139. The summed E-state index contributed by atoms with van der Waals surface area (Å²) in [4.78, 5) is 11.9. The maximum atomic E-state index is 13.0. The predicted molar refractivity (Wildman–Crippen MR) is 66.4 cm³/mol. The van der Waals surface area contributed by atoms with Crippen LogP contribution in [0.15, 0.2) is 18.2 Å². The van der Waals surface area contributed by atoms with Gasteiger partial charge in [0.1, 0.15) is 5.82 Å². The van der Waals surface area contributed by atoms with Crippen LogP contribution in [-0.2, 0) is 4.79 Å². The number of carboxylic acids is 1. The van der Waals surface area contributed by atoms with Crippen LogP contribution in [0, 0.1) is 5.82 Å². The minimum Gasteiger partial charge on any atom is -0.479 e. The lowest BCUT2D eigenvalue weighted by Gasteiger charge is -2.16. The first-order valence-electron chi connectivity index (χ1n) is 4.93. The molecule has 0 unspecified atom stereocenters. The number of benzene rings is 1. The molecular weight excluding hydrogens is 261 g/mol. The molecule has 18 heavy (non-hydrogen) atoms. The maximum Gasteiger partial charge on any atom is 0.341 e. The summed E-state index contributed by atoms with van der Waals surface area (Å²) in [6, 6.07) is 3.53. The Balaban J connectivity index is 2.88. The van der Waals surface area contributed by atoms with Crippen LogP contribution in [0.25, 0.3) is 0 Å². The lowest BCUT2D eigenvalue weighted by atomic mass is 10.3. The molecule has 0 heterocycles. The fraction of sp³-hybridized carbons (Fsp3) is 0.273. The molecule has 0 saturated heterocycles. The first kappa shape index (κ1) is 14.2. The molecule has 0 aliphatic rings. The number of halogens is 1. The van der Waals surface area contributed by atoms with E-state index in [9.17, 15) is 9.18 Å². The predicted octanol–water partition coefficient (Wildman–Crippen LogP) is 1.51. The van der Waals surface area contributed by atoms with Crippen molar-refractivity contribution in [2.24, 2.45) is 0 Å². The number of aliphatic carboxylic acids is 1. The van der Waals surface area contributed by atoms with Crippen molar-refractivity contribution in [3.63, 3.8) is 0 Å². The Labute approximate surface area is 109 Å². The van der Waals surface area contributed by atoms with Gasteiger partial charge in [-0.15, -0.1) is 0 Å². The second-order valence-corrected chi connectivity index (χ2v) is 3.89. The summed E-state index contributed by atoms with van der Waals surface area (Å²) in [5.41, 5.74) is 0. The average molecular weight is 273 g/mol. The molecule has 1 aromatic rings. The summed E-state index contributed by atoms with van der Waals surface area (Å²) in [5.74, 6) is -1.57. The zero-order valence-electron chi connectivity index (χ0n) is 9.84. The van der Waals surface area contributed by atoms with Crippen molar-refractivity contribution in [2.45, 2.75) is 0 Å². The average Bonchev–Trinajstić information content (AvgIpc) is 2.29. The summed E-state index contributed by atoms with van der Waals surface area (Å²) < 4.78 is 23.2. The minimum atomic E-state index is -1.17.